The summed E-state index contributed by atoms with van der Waals surface area (Å²) in [6.07, 6.45) is 0. The van der Waals surface area contributed by atoms with Gasteiger partial charge in [0.1, 0.15) is 0 Å². The first-order valence-corrected chi connectivity index (χ1v) is 6.98. The van der Waals surface area contributed by atoms with Gasteiger partial charge in [0.15, 0.2) is 0 Å². The maximum absolute atomic E-state index is 12.4. The van der Waals surface area contributed by atoms with E-state index in [1.807, 2.05) is 12.1 Å². The quantitative estimate of drug-likeness (QED) is 0.814. The summed E-state index contributed by atoms with van der Waals surface area (Å²) >= 11 is 0. The number of hydrogen-bond acceptors (Lipinski definition) is 4. The molecule has 0 spiro atoms. The molecule has 0 aromatic heterocycles. The Morgan fingerprint density at radius 3 is 2.13 bits per heavy atom. The molecule has 0 saturated heterocycles. The number of amides is 1. The Kier molecular flexibility index (Phi) is 5.11. The van der Waals surface area contributed by atoms with Gasteiger partial charge in [0.2, 0.25) is 0 Å². The molecule has 0 aliphatic heterocycles. The van der Waals surface area contributed by atoms with Crippen LogP contribution in [0.5, 0.6) is 0 Å². The van der Waals surface area contributed by atoms with E-state index < -0.39 is 5.97 Å². The summed E-state index contributed by atoms with van der Waals surface area (Å²) in [5.74, 6) is -0.583. The first-order chi connectivity index (χ1) is 11.0. The normalized spacial score (nSPS) is 9.78. The third-order valence-corrected chi connectivity index (χ3v) is 3.40. The predicted octanol–water partition coefficient (Wildman–Crippen LogP) is 2.62. The number of carbonyl (C=O) groups is 2. The van der Waals surface area contributed by atoms with Crippen molar-refractivity contribution in [1.29, 1.82) is 5.26 Å². The predicted molar refractivity (Wildman–Crippen MR) is 84.7 cm³/mol. The minimum absolute atomic E-state index is 0.147. The Labute approximate surface area is 134 Å². The number of rotatable bonds is 4. The minimum atomic E-state index is -0.435. The summed E-state index contributed by atoms with van der Waals surface area (Å²) in [4.78, 5) is 25.3. The third-order valence-electron chi connectivity index (χ3n) is 3.40. The fourth-order valence-corrected chi connectivity index (χ4v) is 2.12. The molecule has 0 N–H and O–H groups in total. The highest BCUT2D eigenvalue weighted by Crippen LogP contribution is 2.11. The Morgan fingerprint density at radius 2 is 1.61 bits per heavy atom. The Hall–Kier alpha value is -3.13. The molecule has 5 nitrogen and oxygen atoms in total. The molecule has 2 aromatic rings. The fraction of sp³-hybridized carbons (Fsp3) is 0.167. The summed E-state index contributed by atoms with van der Waals surface area (Å²) in [6, 6.07) is 15.5. The van der Waals surface area contributed by atoms with Crippen LogP contribution in [-0.4, -0.2) is 30.9 Å². The first-order valence-electron chi connectivity index (χ1n) is 6.98. The molecule has 2 rings (SSSR count). The molecule has 0 radical (unpaired) electrons. The van der Waals surface area contributed by atoms with Crippen LogP contribution in [0.4, 0.5) is 0 Å². The van der Waals surface area contributed by atoms with Gasteiger partial charge in [-0.15, -0.1) is 0 Å². The van der Waals surface area contributed by atoms with Crippen molar-refractivity contribution in [3.8, 4) is 6.07 Å². The van der Waals surface area contributed by atoms with E-state index in [9.17, 15) is 9.59 Å². The van der Waals surface area contributed by atoms with E-state index in [0.717, 1.165) is 5.56 Å². The lowest BCUT2D eigenvalue weighted by molar-refractivity contribution is 0.0600. The number of ether oxygens (including phenoxy) is 1. The molecule has 0 heterocycles. The van der Waals surface area contributed by atoms with Gasteiger partial charge in [-0.05, 0) is 42.0 Å². The van der Waals surface area contributed by atoms with Crippen molar-refractivity contribution in [2.75, 3.05) is 14.2 Å². The molecule has 0 fully saturated rings. The molecule has 0 aliphatic carbocycles. The van der Waals surface area contributed by atoms with Gasteiger partial charge in [0.05, 0.1) is 24.3 Å². The number of benzene rings is 2. The van der Waals surface area contributed by atoms with Gasteiger partial charge in [-0.3, -0.25) is 4.79 Å². The number of methoxy groups -OCH3 is 1. The Balaban J connectivity index is 2.06. The van der Waals surface area contributed by atoms with Gasteiger partial charge in [-0.1, -0.05) is 12.1 Å². The van der Waals surface area contributed by atoms with Crippen LogP contribution in [0.2, 0.25) is 0 Å². The Bertz CT molecular complexity index is 743. The van der Waals surface area contributed by atoms with Crippen molar-refractivity contribution in [3.63, 3.8) is 0 Å². The first kappa shape index (κ1) is 16.2. The van der Waals surface area contributed by atoms with Gasteiger partial charge in [-0.25, -0.2) is 4.79 Å². The maximum Gasteiger partial charge on any atom is 0.337 e. The number of hydrogen-bond donors (Lipinski definition) is 0. The summed E-state index contributed by atoms with van der Waals surface area (Å²) in [7, 11) is 3.02. The van der Waals surface area contributed by atoms with Gasteiger partial charge in [0, 0.05) is 19.2 Å². The monoisotopic (exact) mass is 308 g/mol. The number of nitriles is 1. The van der Waals surface area contributed by atoms with Crippen molar-refractivity contribution in [3.05, 3.63) is 70.8 Å². The molecule has 23 heavy (non-hydrogen) atoms. The molecular formula is C18H16N2O3. The third kappa shape index (κ3) is 3.95. The van der Waals surface area contributed by atoms with E-state index in [1.54, 1.807) is 48.3 Å². The number of nitrogens with zero attached hydrogens (tertiary/aromatic N) is 2. The van der Waals surface area contributed by atoms with Crippen LogP contribution >= 0.6 is 0 Å². The highest BCUT2D eigenvalue weighted by molar-refractivity contribution is 5.96. The molecule has 0 aliphatic rings. The molecule has 5 heteroatoms. The maximum atomic E-state index is 12.4. The van der Waals surface area contributed by atoms with E-state index in [4.69, 9.17) is 5.26 Å². The lowest BCUT2D eigenvalue weighted by Gasteiger charge is -2.17. The van der Waals surface area contributed by atoms with Crippen LogP contribution in [0.25, 0.3) is 0 Å². The smallest absolute Gasteiger partial charge is 0.337 e. The van der Waals surface area contributed by atoms with Gasteiger partial charge >= 0.3 is 5.97 Å². The van der Waals surface area contributed by atoms with Crippen molar-refractivity contribution in [2.24, 2.45) is 0 Å². The second-order valence-electron chi connectivity index (χ2n) is 5.04. The van der Waals surface area contributed by atoms with Gasteiger partial charge in [0.25, 0.3) is 5.91 Å². The molecule has 0 unspecified atom stereocenters. The van der Waals surface area contributed by atoms with Crippen LogP contribution in [0.15, 0.2) is 48.5 Å². The number of esters is 1. The summed E-state index contributed by atoms with van der Waals surface area (Å²) in [5.41, 5.74) is 2.42. The average Bonchev–Trinajstić information content (AvgIpc) is 2.61. The molecule has 116 valence electrons. The van der Waals surface area contributed by atoms with Crippen LogP contribution in [0.1, 0.15) is 31.8 Å². The summed E-state index contributed by atoms with van der Waals surface area (Å²) in [5, 5.41) is 8.78. The standard InChI is InChI=1S/C18H16N2O3/c1-20(12-14-5-3-13(11-19)4-6-14)17(21)15-7-9-16(10-8-15)18(22)23-2/h3-10H,12H2,1-2H3. The molecule has 0 bridgehead atoms. The van der Waals surface area contributed by atoms with Crippen molar-refractivity contribution >= 4 is 11.9 Å². The van der Waals surface area contributed by atoms with Crippen LogP contribution in [-0.2, 0) is 11.3 Å². The lowest BCUT2D eigenvalue weighted by Crippen LogP contribution is -2.26. The summed E-state index contributed by atoms with van der Waals surface area (Å²) in [6.45, 7) is 0.434. The van der Waals surface area contributed by atoms with E-state index in [2.05, 4.69) is 10.8 Å². The summed E-state index contributed by atoms with van der Waals surface area (Å²) < 4.78 is 4.62. The fourth-order valence-electron chi connectivity index (χ4n) is 2.12. The zero-order chi connectivity index (χ0) is 16.8. The zero-order valence-electron chi connectivity index (χ0n) is 12.9. The van der Waals surface area contributed by atoms with E-state index in [0.29, 0.717) is 23.2 Å². The van der Waals surface area contributed by atoms with Crippen molar-refractivity contribution in [2.45, 2.75) is 6.54 Å². The SMILES string of the molecule is COC(=O)c1ccc(C(=O)N(C)Cc2ccc(C#N)cc2)cc1. The Morgan fingerprint density at radius 1 is 1.04 bits per heavy atom. The van der Waals surface area contributed by atoms with E-state index >= 15 is 0 Å². The molecular weight excluding hydrogens is 292 g/mol. The lowest BCUT2D eigenvalue weighted by atomic mass is 10.1. The number of carbonyl (C=O) groups excluding carboxylic acids is 2. The van der Waals surface area contributed by atoms with Crippen LogP contribution in [0, 0.1) is 11.3 Å². The van der Waals surface area contributed by atoms with Crippen LogP contribution < -0.4 is 0 Å². The topological polar surface area (TPSA) is 70.4 Å². The van der Waals surface area contributed by atoms with Crippen molar-refractivity contribution < 1.29 is 14.3 Å². The molecule has 1 amide bonds. The minimum Gasteiger partial charge on any atom is -0.465 e. The second-order valence-corrected chi connectivity index (χ2v) is 5.04. The van der Waals surface area contributed by atoms with E-state index in [1.165, 1.54) is 7.11 Å². The molecule has 0 atom stereocenters. The van der Waals surface area contributed by atoms with Gasteiger partial charge in [-0.2, -0.15) is 5.26 Å². The van der Waals surface area contributed by atoms with Crippen LogP contribution in [0.3, 0.4) is 0 Å². The zero-order valence-corrected chi connectivity index (χ0v) is 12.9. The highest BCUT2D eigenvalue weighted by atomic mass is 16.5. The highest BCUT2D eigenvalue weighted by Gasteiger charge is 2.13. The second kappa shape index (κ2) is 7.23. The largest absolute Gasteiger partial charge is 0.465 e. The van der Waals surface area contributed by atoms with Gasteiger partial charge < -0.3 is 9.64 Å². The molecule has 0 saturated carbocycles. The average molecular weight is 308 g/mol. The van der Waals surface area contributed by atoms with E-state index in [-0.39, 0.29) is 5.91 Å². The van der Waals surface area contributed by atoms with Crippen molar-refractivity contribution in [1.82, 2.24) is 4.90 Å². The molecule has 2 aromatic carbocycles.